The molecule has 1 saturated carbocycles. The van der Waals surface area contributed by atoms with Crippen molar-refractivity contribution in [1.82, 2.24) is 9.38 Å². The number of imidazole rings is 1. The molecule has 2 heterocycles. The number of halogens is 1. The van der Waals surface area contributed by atoms with Gasteiger partial charge in [-0.15, -0.1) is 0 Å². The number of aromatic nitrogens is 2. The van der Waals surface area contributed by atoms with Crippen molar-refractivity contribution in [3.63, 3.8) is 0 Å². The zero-order chi connectivity index (χ0) is 10.4. The lowest BCUT2D eigenvalue weighted by atomic mass is 10.3. The van der Waals surface area contributed by atoms with Crippen LogP contribution in [-0.4, -0.2) is 15.4 Å². The van der Waals surface area contributed by atoms with Crippen molar-refractivity contribution in [2.45, 2.75) is 25.8 Å². The Kier molecular flexibility index (Phi) is 1.99. The second-order valence-corrected chi connectivity index (χ2v) is 4.79. The number of nitrogens with one attached hydrogen (secondary N) is 1. The zero-order valence-corrected chi connectivity index (χ0v) is 10.1. The zero-order valence-electron chi connectivity index (χ0n) is 8.50. The SMILES string of the molecule is Cc1nc(Br)c2cc(NC3CC3)ccn12. The van der Waals surface area contributed by atoms with E-state index in [4.69, 9.17) is 0 Å². The van der Waals surface area contributed by atoms with Crippen LogP contribution in [0.1, 0.15) is 18.7 Å². The lowest BCUT2D eigenvalue weighted by Gasteiger charge is -2.05. The summed E-state index contributed by atoms with van der Waals surface area (Å²) in [6.07, 6.45) is 4.66. The lowest BCUT2D eigenvalue weighted by Crippen LogP contribution is -2.01. The Labute approximate surface area is 96.6 Å². The van der Waals surface area contributed by atoms with Gasteiger partial charge in [-0.3, -0.25) is 0 Å². The Morgan fingerprint density at radius 3 is 3.07 bits per heavy atom. The van der Waals surface area contributed by atoms with Crippen molar-refractivity contribution in [2.24, 2.45) is 0 Å². The number of hydrogen-bond acceptors (Lipinski definition) is 2. The number of nitrogens with zero attached hydrogens (tertiary/aromatic N) is 2. The van der Waals surface area contributed by atoms with E-state index in [9.17, 15) is 0 Å². The van der Waals surface area contributed by atoms with Gasteiger partial charge in [-0.2, -0.15) is 0 Å². The largest absolute Gasteiger partial charge is 0.382 e. The number of aryl methyl sites for hydroxylation is 1. The molecule has 0 saturated heterocycles. The van der Waals surface area contributed by atoms with Crippen molar-refractivity contribution >= 4 is 27.1 Å². The smallest absolute Gasteiger partial charge is 0.132 e. The molecule has 4 heteroatoms. The summed E-state index contributed by atoms with van der Waals surface area (Å²) < 4.78 is 3.00. The van der Waals surface area contributed by atoms with Gasteiger partial charge < -0.3 is 9.72 Å². The Balaban J connectivity index is 2.07. The van der Waals surface area contributed by atoms with Gasteiger partial charge in [0.25, 0.3) is 0 Å². The minimum Gasteiger partial charge on any atom is -0.382 e. The molecule has 1 aliphatic carbocycles. The maximum absolute atomic E-state index is 4.38. The number of pyridine rings is 1. The minimum atomic E-state index is 0.690. The number of fused-ring (bicyclic) bond motifs is 1. The summed E-state index contributed by atoms with van der Waals surface area (Å²) in [5, 5.41) is 3.48. The summed E-state index contributed by atoms with van der Waals surface area (Å²) in [4.78, 5) is 4.38. The van der Waals surface area contributed by atoms with E-state index in [1.54, 1.807) is 0 Å². The molecule has 0 bridgehead atoms. The Morgan fingerprint density at radius 1 is 1.53 bits per heavy atom. The highest BCUT2D eigenvalue weighted by molar-refractivity contribution is 9.10. The van der Waals surface area contributed by atoms with Gasteiger partial charge in [-0.05, 0) is 47.8 Å². The first-order valence-corrected chi connectivity index (χ1v) is 5.94. The standard InChI is InChI=1S/C11H12BrN3/c1-7-13-11(12)10-6-9(4-5-15(7)10)14-8-2-3-8/h4-6,8,14H,2-3H2,1H3. The van der Waals surface area contributed by atoms with Gasteiger partial charge in [0.05, 0.1) is 5.52 Å². The Morgan fingerprint density at radius 2 is 2.33 bits per heavy atom. The van der Waals surface area contributed by atoms with Crippen LogP contribution >= 0.6 is 15.9 Å². The summed E-state index contributed by atoms with van der Waals surface area (Å²) in [6.45, 7) is 2.01. The lowest BCUT2D eigenvalue weighted by molar-refractivity contribution is 1.04. The monoisotopic (exact) mass is 265 g/mol. The molecule has 3 rings (SSSR count). The predicted octanol–water partition coefficient (Wildman–Crippen LogP) is 2.98. The topological polar surface area (TPSA) is 29.3 Å². The van der Waals surface area contributed by atoms with Gasteiger partial charge in [-0.25, -0.2) is 4.98 Å². The Hall–Kier alpha value is -1.03. The van der Waals surface area contributed by atoms with Gasteiger partial charge >= 0.3 is 0 Å². The van der Waals surface area contributed by atoms with Crippen LogP contribution < -0.4 is 5.32 Å². The third-order valence-electron chi connectivity index (χ3n) is 2.72. The molecule has 0 amide bonds. The third-order valence-corrected chi connectivity index (χ3v) is 3.31. The molecule has 0 aliphatic heterocycles. The van der Waals surface area contributed by atoms with Crippen LogP contribution in [0, 0.1) is 6.92 Å². The van der Waals surface area contributed by atoms with Crippen molar-refractivity contribution in [1.29, 1.82) is 0 Å². The molecular formula is C11H12BrN3. The summed E-state index contributed by atoms with van der Waals surface area (Å²) >= 11 is 3.47. The van der Waals surface area contributed by atoms with Gasteiger partial charge in [0, 0.05) is 17.9 Å². The van der Waals surface area contributed by atoms with Crippen LogP contribution in [0.2, 0.25) is 0 Å². The fourth-order valence-electron chi connectivity index (χ4n) is 1.75. The third kappa shape index (κ3) is 1.63. The molecule has 78 valence electrons. The van der Waals surface area contributed by atoms with Crippen molar-refractivity contribution in [3.8, 4) is 0 Å². The van der Waals surface area contributed by atoms with E-state index >= 15 is 0 Å². The second kappa shape index (κ2) is 3.23. The molecule has 0 atom stereocenters. The molecule has 0 radical (unpaired) electrons. The molecular weight excluding hydrogens is 254 g/mol. The van der Waals surface area contributed by atoms with Gasteiger partial charge in [0.1, 0.15) is 10.4 Å². The van der Waals surface area contributed by atoms with E-state index in [1.807, 2.05) is 6.92 Å². The minimum absolute atomic E-state index is 0.690. The van der Waals surface area contributed by atoms with Crippen molar-refractivity contribution < 1.29 is 0 Å². The maximum Gasteiger partial charge on any atom is 0.132 e. The van der Waals surface area contributed by atoms with Crippen molar-refractivity contribution in [2.75, 3.05) is 5.32 Å². The highest BCUT2D eigenvalue weighted by atomic mass is 79.9. The normalized spacial score (nSPS) is 15.9. The molecule has 2 aromatic heterocycles. The molecule has 1 fully saturated rings. The van der Waals surface area contributed by atoms with Crippen LogP contribution in [0.25, 0.3) is 5.52 Å². The molecule has 0 aromatic carbocycles. The molecule has 1 aliphatic rings. The highest BCUT2D eigenvalue weighted by Gasteiger charge is 2.20. The quantitative estimate of drug-likeness (QED) is 0.905. The number of hydrogen-bond donors (Lipinski definition) is 1. The second-order valence-electron chi connectivity index (χ2n) is 4.04. The van der Waals surface area contributed by atoms with Gasteiger partial charge in [-0.1, -0.05) is 0 Å². The molecule has 1 N–H and O–H groups in total. The van der Waals surface area contributed by atoms with Gasteiger partial charge in [0.15, 0.2) is 0 Å². The van der Waals surface area contributed by atoms with E-state index in [0.717, 1.165) is 15.9 Å². The number of anilines is 1. The van der Waals surface area contributed by atoms with E-state index in [0.29, 0.717) is 6.04 Å². The van der Waals surface area contributed by atoms with E-state index in [1.165, 1.54) is 18.5 Å². The highest BCUT2D eigenvalue weighted by Crippen LogP contribution is 2.27. The first kappa shape index (κ1) is 9.21. The molecule has 0 spiro atoms. The van der Waals surface area contributed by atoms with Gasteiger partial charge in [0.2, 0.25) is 0 Å². The average molecular weight is 266 g/mol. The van der Waals surface area contributed by atoms with E-state index in [-0.39, 0.29) is 0 Å². The molecule has 2 aromatic rings. The first-order valence-electron chi connectivity index (χ1n) is 5.15. The summed E-state index contributed by atoms with van der Waals surface area (Å²) in [5.74, 6) is 1.01. The summed E-state index contributed by atoms with van der Waals surface area (Å²) in [6, 6.07) is 4.93. The van der Waals surface area contributed by atoms with Crippen LogP contribution in [-0.2, 0) is 0 Å². The Bertz CT molecular complexity index is 514. The molecule has 3 nitrogen and oxygen atoms in total. The first-order chi connectivity index (χ1) is 7.24. The van der Waals surface area contributed by atoms with E-state index < -0.39 is 0 Å². The average Bonchev–Trinajstić information content (AvgIpc) is 2.96. The van der Waals surface area contributed by atoms with E-state index in [2.05, 4.69) is 49.0 Å². The van der Waals surface area contributed by atoms with Crippen LogP contribution in [0.5, 0.6) is 0 Å². The number of rotatable bonds is 2. The van der Waals surface area contributed by atoms with Crippen LogP contribution in [0.4, 0.5) is 5.69 Å². The fourth-order valence-corrected chi connectivity index (χ4v) is 2.31. The predicted molar refractivity (Wildman–Crippen MR) is 64.3 cm³/mol. The summed E-state index contributed by atoms with van der Waals surface area (Å²) in [5.41, 5.74) is 2.31. The summed E-state index contributed by atoms with van der Waals surface area (Å²) in [7, 11) is 0. The molecule has 15 heavy (non-hydrogen) atoms. The van der Waals surface area contributed by atoms with Crippen LogP contribution in [0.15, 0.2) is 22.9 Å². The molecule has 0 unspecified atom stereocenters. The fraction of sp³-hybridized carbons (Fsp3) is 0.364. The van der Waals surface area contributed by atoms with Crippen LogP contribution in [0.3, 0.4) is 0 Å². The van der Waals surface area contributed by atoms with Crippen molar-refractivity contribution in [3.05, 3.63) is 28.8 Å². The maximum atomic E-state index is 4.38.